The van der Waals surface area contributed by atoms with Gasteiger partial charge in [0.05, 0.1) is 16.6 Å². The first kappa shape index (κ1) is 20.2. The van der Waals surface area contributed by atoms with Crippen LogP contribution in [0.25, 0.3) is 10.9 Å². The van der Waals surface area contributed by atoms with Gasteiger partial charge in [0.2, 0.25) is 0 Å². The standard InChI is InChI=1S/C19H22ClN5O2S/c1-4-24(5-2)25-19(17-12-15(20)8-11-18(17)22-25)13-21-23-28(26,27)16-9-6-14(3)7-10-16/h6-13,23H,4-5H2,1-3H3/b21-13+. The van der Waals surface area contributed by atoms with Crippen molar-refractivity contribution in [1.29, 1.82) is 0 Å². The van der Waals surface area contributed by atoms with Gasteiger partial charge in [-0.2, -0.15) is 23.4 Å². The molecular formula is C19H22ClN5O2S. The van der Waals surface area contributed by atoms with Crippen molar-refractivity contribution in [2.75, 3.05) is 18.1 Å². The highest BCUT2D eigenvalue weighted by Gasteiger charge is 2.15. The van der Waals surface area contributed by atoms with Crippen LogP contribution in [-0.2, 0) is 10.0 Å². The predicted molar refractivity (Wildman–Crippen MR) is 113 cm³/mol. The first-order valence-electron chi connectivity index (χ1n) is 8.90. The smallest absolute Gasteiger partial charge is 0.276 e. The van der Waals surface area contributed by atoms with E-state index in [2.05, 4.69) is 15.0 Å². The third-order valence-electron chi connectivity index (χ3n) is 4.34. The number of aryl methyl sites for hydroxylation is 1. The molecule has 0 radical (unpaired) electrons. The lowest BCUT2D eigenvalue weighted by atomic mass is 10.2. The Labute approximate surface area is 169 Å². The molecule has 0 atom stereocenters. The fourth-order valence-electron chi connectivity index (χ4n) is 2.82. The summed E-state index contributed by atoms with van der Waals surface area (Å²) < 4.78 is 24.9. The summed E-state index contributed by atoms with van der Waals surface area (Å²) in [7, 11) is -3.75. The summed E-state index contributed by atoms with van der Waals surface area (Å²) in [6.45, 7) is 7.39. The minimum Gasteiger partial charge on any atom is -0.297 e. The van der Waals surface area contributed by atoms with Crippen molar-refractivity contribution in [1.82, 2.24) is 14.7 Å². The quantitative estimate of drug-likeness (QED) is 0.470. The first-order chi connectivity index (χ1) is 13.4. The molecule has 1 aromatic heterocycles. The second-order valence-corrected chi connectivity index (χ2v) is 8.34. The van der Waals surface area contributed by atoms with E-state index >= 15 is 0 Å². The SMILES string of the molecule is CCN(CC)n1nc2ccc(Cl)cc2c1/C=N/NS(=O)(=O)c1ccc(C)cc1. The third kappa shape index (κ3) is 4.13. The van der Waals surface area contributed by atoms with Crippen LogP contribution in [0.15, 0.2) is 52.5 Å². The largest absolute Gasteiger partial charge is 0.297 e. The molecule has 0 spiro atoms. The highest BCUT2D eigenvalue weighted by atomic mass is 35.5. The zero-order valence-electron chi connectivity index (χ0n) is 15.9. The number of hydrogen-bond acceptors (Lipinski definition) is 5. The Hall–Kier alpha value is -2.58. The minimum atomic E-state index is -3.75. The minimum absolute atomic E-state index is 0.153. The second kappa shape index (κ2) is 8.20. The maximum absolute atomic E-state index is 12.4. The normalized spacial score (nSPS) is 12.0. The van der Waals surface area contributed by atoms with Gasteiger partial charge in [0, 0.05) is 23.5 Å². The van der Waals surface area contributed by atoms with Gasteiger partial charge in [-0.15, -0.1) is 0 Å². The molecule has 0 aliphatic rings. The number of sulfonamides is 1. The molecule has 7 nitrogen and oxygen atoms in total. The van der Waals surface area contributed by atoms with Crippen molar-refractivity contribution in [2.24, 2.45) is 5.10 Å². The number of fused-ring (bicyclic) bond motifs is 1. The van der Waals surface area contributed by atoms with Crippen molar-refractivity contribution in [2.45, 2.75) is 25.7 Å². The van der Waals surface area contributed by atoms with Gasteiger partial charge >= 0.3 is 0 Å². The van der Waals surface area contributed by atoms with Crippen LogP contribution in [0.4, 0.5) is 0 Å². The van der Waals surface area contributed by atoms with Crippen LogP contribution in [0.3, 0.4) is 0 Å². The van der Waals surface area contributed by atoms with Crippen LogP contribution in [0.1, 0.15) is 25.1 Å². The molecule has 2 aromatic carbocycles. The van der Waals surface area contributed by atoms with Crippen LogP contribution in [0.2, 0.25) is 5.02 Å². The molecule has 0 aliphatic carbocycles. The molecule has 3 aromatic rings. The predicted octanol–water partition coefficient (Wildman–Crippen LogP) is 3.29. The zero-order valence-corrected chi connectivity index (χ0v) is 17.5. The average Bonchev–Trinajstić information content (AvgIpc) is 3.01. The number of nitrogens with one attached hydrogen (secondary N) is 1. The summed E-state index contributed by atoms with van der Waals surface area (Å²) in [6, 6.07) is 12.0. The van der Waals surface area contributed by atoms with E-state index in [1.807, 2.05) is 31.8 Å². The highest BCUT2D eigenvalue weighted by molar-refractivity contribution is 7.89. The van der Waals surface area contributed by atoms with Gasteiger partial charge in [0.25, 0.3) is 10.0 Å². The number of halogens is 1. The monoisotopic (exact) mass is 419 g/mol. The van der Waals surface area contributed by atoms with E-state index in [1.54, 1.807) is 41.2 Å². The Morgan fingerprint density at radius 3 is 2.50 bits per heavy atom. The maximum Gasteiger partial charge on any atom is 0.276 e. The lowest BCUT2D eigenvalue weighted by Gasteiger charge is -2.22. The van der Waals surface area contributed by atoms with Crippen molar-refractivity contribution >= 4 is 38.7 Å². The lowest BCUT2D eigenvalue weighted by Crippen LogP contribution is -2.36. The van der Waals surface area contributed by atoms with Crippen LogP contribution in [-0.4, -0.2) is 37.6 Å². The van der Waals surface area contributed by atoms with E-state index in [0.29, 0.717) is 10.7 Å². The van der Waals surface area contributed by atoms with Gasteiger partial charge in [0.15, 0.2) is 0 Å². The van der Waals surface area contributed by atoms with E-state index in [9.17, 15) is 8.42 Å². The Balaban J connectivity index is 1.97. The lowest BCUT2D eigenvalue weighted by molar-refractivity contribution is 0.559. The van der Waals surface area contributed by atoms with E-state index in [1.165, 1.54) is 6.21 Å². The Morgan fingerprint density at radius 2 is 1.86 bits per heavy atom. The van der Waals surface area contributed by atoms with Crippen molar-refractivity contribution < 1.29 is 8.42 Å². The van der Waals surface area contributed by atoms with E-state index in [-0.39, 0.29) is 4.90 Å². The zero-order chi connectivity index (χ0) is 20.3. The number of hydrazone groups is 1. The summed E-state index contributed by atoms with van der Waals surface area (Å²) in [5.41, 5.74) is 2.38. The van der Waals surface area contributed by atoms with E-state index in [4.69, 9.17) is 11.6 Å². The molecule has 1 heterocycles. The Morgan fingerprint density at radius 1 is 1.18 bits per heavy atom. The van der Waals surface area contributed by atoms with Crippen LogP contribution in [0, 0.1) is 6.92 Å². The first-order valence-corrected chi connectivity index (χ1v) is 10.8. The van der Waals surface area contributed by atoms with Gasteiger partial charge in [-0.25, -0.2) is 4.83 Å². The molecular weight excluding hydrogens is 398 g/mol. The Bertz CT molecular complexity index is 1100. The Kier molecular flexibility index (Phi) is 5.90. The highest BCUT2D eigenvalue weighted by Crippen LogP contribution is 2.22. The van der Waals surface area contributed by atoms with Crippen LogP contribution >= 0.6 is 11.6 Å². The number of hydrogen-bond donors (Lipinski definition) is 1. The van der Waals surface area contributed by atoms with Gasteiger partial charge < -0.3 is 0 Å². The summed E-state index contributed by atoms with van der Waals surface area (Å²) in [4.78, 5) is 4.14. The third-order valence-corrected chi connectivity index (χ3v) is 5.82. The molecule has 9 heteroatoms. The molecule has 0 bridgehead atoms. The fourth-order valence-corrected chi connectivity index (χ4v) is 3.78. The molecule has 0 saturated heterocycles. The number of rotatable bonds is 7. The summed E-state index contributed by atoms with van der Waals surface area (Å²) >= 11 is 6.14. The molecule has 1 N–H and O–H groups in total. The molecule has 0 unspecified atom stereocenters. The van der Waals surface area contributed by atoms with Gasteiger partial charge in [-0.1, -0.05) is 29.3 Å². The fraction of sp³-hybridized carbons (Fsp3) is 0.263. The molecule has 28 heavy (non-hydrogen) atoms. The summed E-state index contributed by atoms with van der Waals surface area (Å²) in [6.07, 6.45) is 1.45. The van der Waals surface area contributed by atoms with Gasteiger partial charge in [0.1, 0.15) is 5.69 Å². The maximum atomic E-state index is 12.4. The van der Waals surface area contributed by atoms with Gasteiger partial charge in [-0.3, -0.25) is 5.01 Å². The second-order valence-electron chi connectivity index (χ2n) is 6.24. The summed E-state index contributed by atoms with van der Waals surface area (Å²) in [5.74, 6) is 0. The van der Waals surface area contributed by atoms with Crippen molar-refractivity contribution in [3.63, 3.8) is 0 Å². The van der Waals surface area contributed by atoms with Crippen molar-refractivity contribution in [3.8, 4) is 0 Å². The van der Waals surface area contributed by atoms with Crippen LogP contribution < -0.4 is 9.84 Å². The molecule has 0 saturated carbocycles. The number of benzene rings is 2. The molecule has 0 fully saturated rings. The average molecular weight is 420 g/mol. The summed E-state index contributed by atoms with van der Waals surface area (Å²) in [5, 5.41) is 11.9. The topological polar surface area (TPSA) is 79.6 Å². The number of nitrogens with zero attached hydrogens (tertiary/aromatic N) is 4. The van der Waals surface area contributed by atoms with E-state index < -0.39 is 10.0 Å². The number of aromatic nitrogens is 2. The molecule has 3 rings (SSSR count). The van der Waals surface area contributed by atoms with Crippen molar-refractivity contribution in [3.05, 3.63) is 58.7 Å². The molecule has 0 aliphatic heterocycles. The van der Waals surface area contributed by atoms with E-state index in [0.717, 1.165) is 29.6 Å². The molecule has 0 amide bonds. The van der Waals surface area contributed by atoms with Crippen LogP contribution in [0.5, 0.6) is 0 Å². The molecule has 148 valence electrons. The van der Waals surface area contributed by atoms with Gasteiger partial charge in [-0.05, 0) is 51.1 Å².